The number of nitrogens with zero attached hydrogens (tertiary/aromatic N) is 16. The Balaban J connectivity index is 0.000000145. The molecule has 4 aromatic carbocycles. The Morgan fingerprint density at radius 1 is 0.551 bits per heavy atom. The van der Waals surface area contributed by atoms with E-state index in [0.29, 0.717) is 120 Å². The van der Waals surface area contributed by atoms with Crippen LogP contribution in [0.3, 0.4) is 0 Å². The van der Waals surface area contributed by atoms with Crippen molar-refractivity contribution in [2.24, 2.45) is 17.8 Å². The third kappa shape index (κ3) is 22.1. The molecule has 12 aromatic rings. The lowest BCUT2D eigenvalue weighted by molar-refractivity contribution is 0.0711. The van der Waals surface area contributed by atoms with Gasteiger partial charge in [0.15, 0.2) is 22.6 Å². The summed E-state index contributed by atoms with van der Waals surface area (Å²) in [6, 6.07) is 40.2. The van der Waals surface area contributed by atoms with Gasteiger partial charge in [-0.15, -0.1) is 18.3 Å². The number of methoxy groups -OCH3 is 1. The first kappa shape index (κ1) is 87.8. The number of carbonyl (C=O) groups is 4. The van der Waals surface area contributed by atoms with Crippen LogP contribution in [0, 0.1) is 24.7 Å². The number of amides is 4. The van der Waals surface area contributed by atoms with Gasteiger partial charge in [-0.1, -0.05) is 137 Å². The van der Waals surface area contributed by atoms with Crippen LogP contribution in [-0.2, 0) is 39.3 Å². The van der Waals surface area contributed by atoms with Crippen molar-refractivity contribution in [3.63, 3.8) is 0 Å². The smallest absolute Gasteiger partial charge is 0.256 e. The average Bonchev–Trinajstić information content (AvgIpc) is 1.65. The summed E-state index contributed by atoms with van der Waals surface area (Å²) in [5.74, 6) is 5.53. The fourth-order valence-corrected chi connectivity index (χ4v) is 16.8. The lowest BCUT2D eigenvalue weighted by Crippen LogP contribution is -2.35. The first-order valence-electron chi connectivity index (χ1n) is 41.4. The van der Waals surface area contributed by atoms with Crippen molar-refractivity contribution in [2.75, 3.05) is 39.5 Å². The Morgan fingerprint density at radius 2 is 1.04 bits per heavy atom. The van der Waals surface area contributed by atoms with Gasteiger partial charge in [-0.3, -0.25) is 19.2 Å². The van der Waals surface area contributed by atoms with Crippen LogP contribution in [0.25, 0.3) is 44.7 Å². The van der Waals surface area contributed by atoms with Crippen LogP contribution in [0.2, 0.25) is 15.1 Å². The fourth-order valence-electron chi connectivity index (χ4n) is 15.4. The maximum atomic E-state index is 13.4. The van der Waals surface area contributed by atoms with Gasteiger partial charge in [0, 0.05) is 107 Å². The second kappa shape index (κ2) is 41.9. The van der Waals surface area contributed by atoms with E-state index < -0.39 is 0 Å². The van der Waals surface area contributed by atoms with Crippen molar-refractivity contribution in [1.82, 2.24) is 77.7 Å². The molecule has 0 radical (unpaired) electrons. The van der Waals surface area contributed by atoms with Crippen LogP contribution in [0.4, 0.5) is 0 Å². The van der Waals surface area contributed by atoms with Gasteiger partial charge >= 0.3 is 0 Å². The highest BCUT2D eigenvalue weighted by Crippen LogP contribution is 2.38. The van der Waals surface area contributed by atoms with Crippen molar-refractivity contribution < 1.29 is 23.9 Å². The zero-order chi connectivity index (χ0) is 83.5. The average molecular weight is 1740 g/mol. The Labute approximate surface area is 720 Å². The molecule has 118 heavy (non-hydrogen) atoms. The number of imidazole rings is 4. The van der Waals surface area contributed by atoms with Crippen molar-refractivity contribution >= 4 is 131 Å². The number of pyridine rings is 4. The number of fused-ring (bicyclic) bond motifs is 4. The summed E-state index contributed by atoms with van der Waals surface area (Å²) in [5.41, 5.74) is 10.6. The highest BCUT2D eigenvalue weighted by Gasteiger charge is 2.32. The van der Waals surface area contributed by atoms with E-state index in [1.54, 1.807) is 78.6 Å². The number of rotatable bonds is 30. The number of aromatic nitrogens is 12. The van der Waals surface area contributed by atoms with E-state index in [1.165, 1.54) is 38.5 Å². The molecular formula is C92H108BrCl3N16O5S. The predicted octanol–water partition coefficient (Wildman–Crippen LogP) is 21.8. The fraction of sp³-hybridized carbons (Fsp3) is 0.413. The Kier molecular flexibility index (Phi) is 31.2. The topological polar surface area (TPSA) is 213 Å². The summed E-state index contributed by atoms with van der Waals surface area (Å²) in [5, 5.41) is 1.28. The largest absolute Gasteiger partial charge is 0.495 e. The van der Waals surface area contributed by atoms with Gasteiger partial charge in [0.05, 0.1) is 48.9 Å². The van der Waals surface area contributed by atoms with Gasteiger partial charge in [0.2, 0.25) is 0 Å². The summed E-state index contributed by atoms with van der Waals surface area (Å²) in [6.07, 6.45) is 26.8. The number of hydrogen-bond donors (Lipinski definition) is 0. The van der Waals surface area contributed by atoms with Crippen molar-refractivity contribution in [3.8, 4) is 5.75 Å². The third-order valence-corrected chi connectivity index (χ3v) is 24.1. The molecule has 0 saturated heterocycles. The molecule has 0 atom stereocenters. The lowest BCUT2D eigenvalue weighted by atomic mass is 10.1. The molecule has 3 saturated carbocycles. The molecule has 0 spiro atoms. The Hall–Kier alpha value is -9.52. The van der Waals surface area contributed by atoms with E-state index in [2.05, 4.69) is 102 Å². The number of hydrogen-bond acceptors (Lipinski definition) is 14. The molecule has 0 unspecified atom stereocenters. The number of unbranched alkanes of at least 4 members (excludes halogenated alkanes) is 1. The van der Waals surface area contributed by atoms with Crippen LogP contribution in [0.1, 0.15) is 214 Å². The second-order valence-electron chi connectivity index (χ2n) is 31.5. The number of aryl methyl sites for hydroxylation is 2. The van der Waals surface area contributed by atoms with E-state index in [1.807, 2.05) is 131 Å². The molecule has 0 N–H and O–H groups in total. The standard InChI is InChI=1S/C24H29ClN4O2.C24H30N4OS.C23H29BrN4O.C21H20Cl2N4O/c1-3-4-14-28(24(30)17-11-12-21(31-2)19(25)15-17)16-22-27-20-10-7-13-26-23(20)29(22)18-8-5-6-9-18;1-17(2)15-27(24(29)18-10-12-20(30-3)13-11-18)16-22-26-21-9-6-14-25-23(21)28(22)19-7-4-5-8-19;1-5-12-28-21(26-20-7-6-11-25-22(20)28)15-27(13-10-16(2)3)23(29)18-9-8-17(4)19(24)14-18;1-2-10-26(21(28)16-11-15(22)7-8-17(16)23)13-19-25-18-4-3-9-24-20(18)27(19)12-14-5-6-14/h7,10-13,15,18H,3-6,8-9,14,16H2,1-2H3;6,9-14,17,19H,4-5,7-8,15-16H2,1-3H3;6-9,11,14,16H,5,10,12-13,15H2,1-4H3;2-4,7-9,11,14H,1,5-6,10,12-13H2. The highest BCUT2D eigenvalue weighted by atomic mass is 79.9. The molecule has 21 nitrogen and oxygen atoms in total. The van der Waals surface area contributed by atoms with Gasteiger partial charge in [-0.05, 0) is 216 Å². The summed E-state index contributed by atoms with van der Waals surface area (Å²) < 4.78 is 15.0. The summed E-state index contributed by atoms with van der Waals surface area (Å²) >= 11 is 23.8. The number of ether oxygens (including phenoxy) is 1. The zero-order valence-corrected chi connectivity index (χ0v) is 73.9. The molecule has 26 heteroatoms. The molecule has 620 valence electrons. The molecule has 3 fully saturated rings. The van der Waals surface area contributed by atoms with E-state index in [4.69, 9.17) is 59.5 Å². The van der Waals surface area contributed by atoms with Gasteiger partial charge in [-0.2, -0.15) is 0 Å². The molecule has 3 aliphatic rings. The first-order valence-corrected chi connectivity index (χ1v) is 44.5. The molecule has 8 aromatic heterocycles. The van der Waals surface area contributed by atoms with Crippen LogP contribution in [0.5, 0.6) is 5.75 Å². The quantitative estimate of drug-likeness (QED) is 0.0303. The number of thioether (sulfide) groups is 1. The number of benzene rings is 4. The second-order valence-corrected chi connectivity index (χ2v) is 34.5. The first-order chi connectivity index (χ1) is 57.1. The normalized spacial score (nSPS) is 13.5. The summed E-state index contributed by atoms with van der Waals surface area (Å²) in [7, 11) is 1.57. The molecular weight excluding hydrogens is 1630 g/mol. The minimum absolute atomic E-state index is 0.0365. The van der Waals surface area contributed by atoms with Crippen LogP contribution >= 0.6 is 62.5 Å². The Bertz CT molecular complexity index is 5440. The molecule has 0 bridgehead atoms. The number of carbonyl (C=O) groups excluding carboxylic acids is 4. The molecule has 0 aliphatic heterocycles. The van der Waals surface area contributed by atoms with Crippen molar-refractivity contribution in [1.29, 1.82) is 0 Å². The van der Waals surface area contributed by atoms with Crippen LogP contribution in [-0.4, -0.2) is 141 Å². The molecule has 15 rings (SSSR count). The van der Waals surface area contributed by atoms with Gasteiger partial charge in [0.25, 0.3) is 23.6 Å². The minimum atomic E-state index is -0.203. The monoisotopic (exact) mass is 1730 g/mol. The lowest BCUT2D eigenvalue weighted by Gasteiger charge is -2.26. The van der Waals surface area contributed by atoms with Crippen molar-refractivity contribution in [3.05, 3.63) is 235 Å². The van der Waals surface area contributed by atoms with E-state index in [-0.39, 0.29) is 23.6 Å². The van der Waals surface area contributed by atoms with Crippen LogP contribution < -0.4 is 4.74 Å². The predicted molar refractivity (Wildman–Crippen MR) is 478 cm³/mol. The molecule has 8 heterocycles. The summed E-state index contributed by atoms with van der Waals surface area (Å²) in [6.45, 7) is 24.7. The minimum Gasteiger partial charge on any atom is -0.495 e. The van der Waals surface area contributed by atoms with Crippen molar-refractivity contribution in [2.45, 2.75) is 195 Å². The van der Waals surface area contributed by atoms with E-state index in [0.717, 1.165) is 153 Å². The maximum absolute atomic E-state index is 13.4. The number of halogens is 4. The van der Waals surface area contributed by atoms with Gasteiger partial charge in [0.1, 0.15) is 51.1 Å². The summed E-state index contributed by atoms with van der Waals surface area (Å²) in [4.78, 5) is 99.6. The zero-order valence-electron chi connectivity index (χ0n) is 69.2. The van der Waals surface area contributed by atoms with E-state index in [9.17, 15) is 19.2 Å². The third-order valence-electron chi connectivity index (χ3n) is 21.7. The van der Waals surface area contributed by atoms with Gasteiger partial charge < -0.3 is 42.6 Å². The maximum Gasteiger partial charge on any atom is 0.256 e. The van der Waals surface area contributed by atoms with Gasteiger partial charge in [-0.25, -0.2) is 39.9 Å². The Morgan fingerprint density at radius 3 is 1.56 bits per heavy atom. The molecule has 4 amide bonds. The molecule has 3 aliphatic carbocycles. The SMILES string of the molecule is C=CCN(Cc1nc2cccnc2n1CC1CC1)C(=O)c1cc(Cl)ccc1Cl.CCCCN(Cc1nc2cccnc2n1C1CCCC1)C(=O)c1ccc(OC)c(Cl)c1.CCCn1c(CN(CCC(C)C)C(=O)c2ccc(C)c(Br)c2)nc2cccnc21.CSc1ccc(C(=O)N(Cc2nc3cccnc3n2C2CCCC2)CC(C)C)cc1. The highest BCUT2D eigenvalue weighted by molar-refractivity contribution is 9.10. The van der Waals surface area contributed by atoms with E-state index >= 15 is 0 Å². The van der Waals surface area contributed by atoms with Crippen LogP contribution in [0.15, 0.2) is 174 Å².